The zero-order valence-electron chi connectivity index (χ0n) is 11.4. The van der Waals surface area contributed by atoms with Gasteiger partial charge in [0.25, 0.3) is 5.91 Å². The Balaban J connectivity index is 2.16. The Bertz CT molecular complexity index is 533. The molecule has 108 valence electrons. The van der Waals surface area contributed by atoms with E-state index in [4.69, 9.17) is 5.73 Å². The summed E-state index contributed by atoms with van der Waals surface area (Å²) in [5.74, 6) is -1.21. The molecule has 0 saturated carbocycles. The number of nitrogens with zero attached hydrogens (tertiary/aromatic N) is 1. The molecule has 2 amide bonds. The second-order valence-electron chi connectivity index (χ2n) is 4.91. The average Bonchev–Trinajstić information content (AvgIpc) is 2.48. The number of para-hydroxylation sites is 1. The fourth-order valence-electron chi connectivity index (χ4n) is 2.47. The lowest BCUT2D eigenvalue weighted by Gasteiger charge is -2.32. The molecule has 6 heteroatoms. The van der Waals surface area contributed by atoms with Gasteiger partial charge in [-0.2, -0.15) is 0 Å². The Labute approximate surface area is 116 Å². The molecule has 3 N–H and O–H groups in total. The summed E-state index contributed by atoms with van der Waals surface area (Å²) < 4.78 is 13.4. The van der Waals surface area contributed by atoms with E-state index >= 15 is 0 Å². The summed E-state index contributed by atoms with van der Waals surface area (Å²) in [6.07, 6.45) is 1.50. The van der Waals surface area contributed by atoms with Crippen molar-refractivity contribution in [1.29, 1.82) is 0 Å². The van der Waals surface area contributed by atoms with Crippen molar-refractivity contribution in [3.05, 3.63) is 29.6 Å². The summed E-state index contributed by atoms with van der Waals surface area (Å²) in [6, 6.07) is 4.18. The standard InChI is InChI=1S/C14H18FN3O2/c1-17-13(19)9-4-3-7-18(8-9)14(20)10-5-2-6-11(15)12(10)16/h2,5-6,9H,3-4,7-8,16H2,1H3,(H,17,19). The highest BCUT2D eigenvalue weighted by molar-refractivity contribution is 5.99. The first-order chi connectivity index (χ1) is 9.54. The zero-order valence-corrected chi connectivity index (χ0v) is 11.4. The number of piperidine rings is 1. The number of anilines is 1. The van der Waals surface area contributed by atoms with E-state index in [2.05, 4.69) is 5.32 Å². The van der Waals surface area contributed by atoms with Gasteiger partial charge in [-0.15, -0.1) is 0 Å². The largest absolute Gasteiger partial charge is 0.396 e. The molecule has 5 nitrogen and oxygen atoms in total. The number of likely N-dealkylation sites (tertiary alicyclic amines) is 1. The van der Waals surface area contributed by atoms with E-state index in [1.54, 1.807) is 11.9 Å². The predicted molar refractivity (Wildman–Crippen MR) is 73.5 cm³/mol. The van der Waals surface area contributed by atoms with E-state index in [1.807, 2.05) is 0 Å². The fourth-order valence-corrected chi connectivity index (χ4v) is 2.47. The molecular weight excluding hydrogens is 261 g/mol. The first kappa shape index (κ1) is 14.3. The highest BCUT2D eigenvalue weighted by Gasteiger charge is 2.29. The van der Waals surface area contributed by atoms with Crippen molar-refractivity contribution in [2.45, 2.75) is 12.8 Å². The van der Waals surface area contributed by atoms with Crippen LogP contribution < -0.4 is 11.1 Å². The van der Waals surface area contributed by atoms with E-state index in [0.29, 0.717) is 13.1 Å². The fraction of sp³-hybridized carbons (Fsp3) is 0.429. The average molecular weight is 279 g/mol. The van der Waals surface area contributed by atoms with Gasteiger partial charge in [-0.25, -0.2) is 4.39 Å². The number of carbonyl (C=O) groups excluding carboxylic acids is 2. The maximum Gasteiger partial charge on any atom is 0.256 e. The van der Waals surface area contributed by atoms with Gasteiger partial charge in [0.1, 0.15) is 5.82 Å². The predicted octanol–water partition coefficient (Wildman–Crippen LogP) is 1.01. The van der Waals surface area contributed by atoms with Crippen molar-refractivity contribution in [2.24, 2.45) is 5.92 Å². The van der Waals surface area contributed by atoms with Gasteiger partial charge in [0.05, 0.1) is 17.2 Å². The van der Waals surface area contributed by atoms with Crippen LogP contribution in [0.25, 0.3) is 0 Å². The van der Waals surface area contributed by atoms with Gasteiger partial charge in [-0.1, -0.05) is 6.07 Å². The topological polar surface area (TPSA) is 75.4 Å². The molecule has 1 atom stereocenters. The third kappa shape index (κ3) is 2.74. The highest BCUT2D eigenvalue weighted by atomic mass is 19.1. The summed E-state index contributed by atoms with van der Waals surface area (Å²) in [6.45, 7) is 0.900. The van der Waals surface area contributed by atoms with E-state index in [-0.39, 0.29) is 29.0 Å². The Morgan fingerprint density at radius 3 is 2.90 bits per heavy atom. The Kier molecular flexibility index (Phi) is 4.22. The van der Waals surface area contributed by atoms with Gasteiger partial charge >= 0.3 is 0 Å². The summed E-state index contributed by atoms with van der Waals surface area (Å²) in [5, 5.41) is 2.59. The van der Waals surface area contributed by atoms with Crippen LogP contribution in [0.3, 0.4) is 0 Å². The molecule has 1 fully saturated rings. The second-order valence-corrected chi connectivity index (χ2v) is 4.91. The van der Waals surface area contributed by atoms with Gasteiger partial charge < -0.3 is 16.0 Å². The molecule has 1 aliphatic heterocycles. The zero-order chi connectivity index (χ0) is 14.7. The molecule has 1 unspecified atom stereocenters. The second kappa shape index (κ2) is 5.90. The van der Waals surface area contributed by atoms with Crippen LogP contribution in [0.4, 0.5) is 10.1 Å². The number of rotatable bonds is 2. The third-order valence-corrected chi connectivity index (χ3v) is 3.61. The van der Waals surface area contributed by atoms with Crippen molar-refractivity contribution < 1.29 is 14.0 Å². The summed E-state index contributed by atoms with van der Waals surface area (Å²) in [5.41, 5.74) is 5.62. The van der Waals surface area contributed by atoms with E-state index in [1.165, 1.54) is 18.2 Å². The molecule has 0 radical (unpaired) electrons. The number of nitrogen functional groups attached to an aromatic ring is 1. The van der Waals surface area contributed by atoms with Crippen LogP contribution >= 0.6 is 0 Å². The summed E-state index contributed by atoms with van der Waals surface area (Å²) >= 11 is 0. The lowest BCUT2D eigenvalue weighted by molar-refractivity contribution is -0.125. The number of nitrogens with one attached hydrogen (secondary N) is 1. The van der Waals surface area contributed by atoms with Crippen LogP contribution in [0.15, 0.2) is 18.2 Å². The summed E-state index contributed by atoms with van der Waals surface area (Å²) in [4.78, 5) is 25.6. The minimum atomic E-state index is -0.601. The van der Waals surface area contributed by atoms with Gasteiger partial charge in [0.2, 0.25) is 5.91 Å². The normalized spacial score (nSPS) is 18.7. The molecule has 1 aromatic rings. The van der Waals surface area contributed by atoms with E-state index in [9.17, 15) is 14.0 Å². The summed E-state index contributed by atoms with van der Waals surface area (Å²) in [7, 11) is 1.58. The first-order valence-corrected chi connectivity index (χ1v) is 6.59. The maximum absolute atomic E-state index is 13.4. The van der Waals surface area contributed by atoms with Crippen LogP contribution in [0, 0.1) is 11.7 Å². The Morgan fingerprint density at radius 2 is 2.20 bits per heavy atom. The molecule has 1 aliphatic rings. The van der Waals surface area contributed by atoms with Crippen LogP contribution in [-0.4, -0.2) is 36.9 Å². The van der Waals surface area contributed by atoms with Crippen LogP contribution in [-0.2, 0) is 4.79 Å². The monoisotopic (exact) mass is 279 g/mol. The Morgan fingerprint density at radius 1 is 1.45 bits per heavy atom. The molecule has 0 aliphatic carbocycles. The number of hydrogen-bond acceptors (Lipinski definition) is 3. The van der Waals surface area contributed by atoms with E-state index in [0.717, 1.165) is 12.8 Å². The van der Waals surface area contributed by atoms with Crippen molar-refractivity contribution >= 4 is 17.5 Å². The minimum absolute atomic E-state index is 0.0743. The first-order valence-electron chi connectivity index (χ1n) is 6.59. The number of hydrogen-bond donors (Lipinski definition) is 2. The maximum atomic E-state index is 13.4. The van der Waals surface area contributed by atoms with Gasteiger partial charge in [0.15, 0.2) is 0 Å². The minimum Gasteiger partial charge on any atom is -0.396 e. The molecule has 1 aromatic carbocycles. The molecule has 20 heavy (non-hydrogen) atoms. The molecule has 0 aromatic heterocycles. The van der Waals surface area contributed by atoms with Crippen molar-refractivity contribution in [2.75, 3.05) is 25.9 Å². The van der Waals surface area contributed by atoms with Crippen molar-refractivity contribution in [3.63, 3.8) is 0 Å². The van der Waals surface area contributed by atoms with Gasteiger partial charge in [-0.05, 0) is 25.0 Å². The lowest BCUT2D eigenvalue weighted by atomic mass is 9.96. The Hall–Kier alpha value is -2.11. The van der Waals surface area contributed by atoms with E-state index < -0.39 is 5.82 Å². The number of benzene rings is 1. The number of halogens is 1. The number of carbonyl (C=O) groups is 2. The smallest absolute Gasteiger partial charge is 0.256 e. The molecule has 1 saturated heterocycles. The lowest BCUT2D eigenvalue weighted by Crippen LogP contribution is -2.45. The molecular formula is C14H18FN3O2. The van der Waals surface area contributed by atoms with Crippen molar-refractivity contribution in [3.8, 4) is 0 Å². The third-order valence-electron chi connectivity index (χ3n) is 3.61. The van der Waals surface area contributed by atoms with Gasteiger partial charge in [-0.3, -0.25) is 9.59 Å². The molecule has 0 spiro atoms. The molecule has 0 bridgehead atoms. The van der Waals surface area contributed by atoms with Crippen molar-refractivity contribution in [1.82, 2.24) is 10.2 Å². The SMILES string of the molecule is CNC(=O)C1CCCN(C(=O)c2cccc(F)c2N)C1. The van der Waals surface area contributed by atoms with Crippen LogP contribution in [0.2, 0.25) is 0 Å². The molecule has 1 heterocycles. The molecule has 2 rings (SSSR count). The number of amides is 2. The van der Waals surface area contributed by atoms with Crippen LogP contribution in [0.5, 0.6) is 0 Å². The van der Waals surface area contributed by atoms with Crippen LogP contribution in [0.1, 0.15) is 23.2 Å². The number of nitrogens with two attached hydrogens (primary N) is 1. The van der Waals surface area contributed by atoms with Gasteiger partial charge in [0, 0.05) is 20.1 Å². The highest BCUT2D eigenvalue weighted by Crippen LogP contribution is 2.22. The quantitative estimate of drug-likeness (QED) is 0.793.